The maximum absolute atomic E-state index is 13.2. The molecule has 28 heavy (non-hydrogen) atoms. The zero-order valence-electron chi connectivity index (χ0n) is 15.8. The lowest BCUT2D eigenvalue weighted by atomic mass is 10.1. The van der Waals surface area contributed by atoms with E-state index < -0.39 is 10.1 Å². The van der Waals surface area contributed by atoms with Crippen LogP contribution in [0, 0.1) is 0 Å². The van der Waals surface area contributed by atoms with E-state index in [0.717, 1.165) is 5.56 Å². The summed E-state index contributed by atoms with van der Waals surface area (Å²) in [5.74, 6) is -0.0210. The van der Waals surface area contributed by atoms with E-state index in [0.29, 0.717) is 10.7 Å². The molecule has 0 unspecified atom stereocenters. The minimum Gasteiger partial charge on any atom is -0.468 e. The number of benzene rings is 2. The highest BCUT2D eigenvalue weighted by atomic mass is 35.5. The van der Waals surface area contributed by atoms with Gasteiger partial charge in [-0.3, -0.25) is 4.57 Å². The van der Waals surface area contributed by atoms with Gasteiger partial charge >= 0.3 is 10.1 Å². The average Bonchev–Trinajstić information content (AvgIpc) is 3.02. The van der Waals surface area contributed by atoms with Gasteiger partial charge < -0.3 is 8.92 Å². The van der Waals surface area contributed by atoms with Gasteiger partial charge in [0, 0.05) is 11.1 Å². The predicted molar refractivity (Wildman–Crippen MR) is 108 cm³/mol. The molecule has 3 aromatic rings. The highest BCUT2D eigenvalue weighted by Crippen LogP contribution is 2.31. The van der Waals surface area contributed by atoms with E-state index in [1.54, 1.807) is 12.1 Å². The lowest BCUT2D eigenvalue weighted by Gasteiger charge is -2.14. The summed E-state index contributed by atoms with van der Waals surface area (Å²) in [6.45, 7) is 4.01. The minimum absolute atomic E-state index is 0.0248. The Hall–Kier alpha value is -2.51. The van der Waals surface area contributed by atoms with Crippen LogP contribution in [0.15, 0.2) is 59.6 Å². The summed E-state index contributed by atoms with van der Waals surface area (Å²) < 4.78 is 38.6. The Bertz CT molecular complexity index is 1060. The average molecular weight is 421 g/mol. The fraction of sp³-hybridized carbons (Fsp3) is 0.250. The SMILES string of the molecule is COc1nc(C(C)C)c(S(=O)(=O)Oc2cccc(Cl)c2)n1Cc1ccccc1. The number of halogens is 1. The highest BCUT2D eigenvalue weighted by molar-refractivity contribution is 7.87. The van der Waals surface area contributed by atoms with Gasteiger partial charge in [0.2, 0.25) is 5.03 Å². The Morgan fingerprint density at radius 1 is 1.11 bits per heavy atom. The molecule has 0 aliphatic rings. The molecule has 0 bridgehead atoms. The number of methoxy groups -OCH3 is 1. The lowest BCUT2D eigenvalue weighted by molar-refractivity contribution is 0.354. The molecule has 6 nitrogen and oxygen atoms in total. The van der Waals surface area contributed by atoms with Gasteiger partial charge in [-0.1, -0.05) is 61.8 Å². The van der Waals surface area contributed by atoms with Crippen LogP contribution in [-0.2, 0) is 16.7 Å². The van der Waals surface area contributed by atoms with Crippen LogP contribution in [0.1, 0.15) is 31.0 Å². The van der Waals surface area contributed by atoms with Crippen LogP contribution in [0.4, 0.5) is 0 Å². The zero-order valence-corrected chi connectivity index (χ0v) is 17.4. The van der Waals surface area contributed by atoms with Crippen molar-refractivity contribution < 1.29 is 17.3 Å². The molecule has 1 aromatic heterocycles. The maximum atomic E-state index is 13.2. The first-order valence-corrected chi connectivity index (χ1v) is 10.5. The van der Waals surface area contributed by atoms with E-state index in [4.69, 9.17) is 20.5 Å². The molecule has 0 N–H and O–H groups in total. The van der Waals surface area contributed by atoms with Gasteiger partial charge in [-0.2, -0.15) is 13.4 Å². The third-order valence-corrected chi connectivity index (χ3v) is 5.61. The van der Waals surface area contributed by atoms with Crippen LogP contribution in [0.2, 0.25) is 5.02 Å². The molecule has 0 spiro atoms. The van der Waals surface area contributed by atoms with Gasteiger partial charge in [0.1, 0.15) is 5.75 Å². The number of nitrogens with zero attached hydrogens (tertiary/aromatic N) is 2. The van der Waals surface area contributed by atoms with Crippen LogP contribution in [0.25, 0.3) is 0 Å². The monoisotopic (exact) mass is 420 g/mol. The van der Waals surface area contributed by atoms with Gasteiger partial charge in [-0.05, 0) is 23.6 Å². The summed E-state index contributed by atoms with van der Waals surface area (Å²) in [7, 11) is -2.72. The smallest absolute Gasteiger partial charge is 0.357 e. The molecular formula is C20H21ClN2O4S. The van der Waals surface area contributed by atoms with Crippen LogP contribution in [-0.4, -0.2) is 25.1 Å². The first-order chi connectivity index (χ1) is 13.3. The normalized spacial score (nSPS) is 11.6. The lowest BCUT2D eigenvalue weighted by Crippen LogP contribution is -2.18. The number of hydrogen-bond acceptors (Lipinski definition) is 5. The second-order valence-corrected chi connectivity index (χ2v) is 8.41. The minimum atomic E-state index is -4.18. The van der Waals surface area contributed by atoms with E-state index in [-0.39, 0.29) is 29.2 Å². The van der Waals surface area contributed by atoms with Crippen molar-refractivity contribution in [2.24, 2.45) is 0 Å². The van der Waals surface area contributed by atoms with Crippen molar-refractivity contribution in [2.75, 3.05) is 7.11 Å². The topological polar surface area (TPSA) is 70.4 Å². The number of ether oxygens (including phenoxy) is 1. The van der Waals surface area contributed by atoms with Gasteiger partial charge in [-0.25, -0.2) is 0 Å². The molecule has 0 saturated carbocycles. The Balaban J connectivity index is 2.12. The Morgan fingerprint density at radius 2 is 1.82 bits per heavy atom. The second-order valence-electron chi connectivity index (χ2n) is 6.51. The maximum Gasteiger partial charge on any atom is 0.357 e. The first-order valence-electron chi connectivity index (χ1n) is 8.70. The van der Waals surface area contributed by atoms with Crippen LogP contribution < -0.4 is 8.92 Å². The highest BCUT2D eigenvalue weighted by Gasteiger charge is 2.32. The quantitative estimate of drug-likeness (QED) is 0.527. The molecule has 0 fully saturated rings. The summed E-state index contributed by atoms with van der Waals surface area (Å²) in [6, 6.07) is 15.9. The molecule has 0 saturated heterocycles. The fourth-order valence-electron chi connectivity index (χ4n) is 2.82. The van der Waals surface area contributed by atoms with Crippen molar-refractivity contribution in [3.8, 4) is 11.8 Å². The molecule has 1 heterocycles. The molecule has 148 valence electrons. The number of rotatable bonds is 7. The van der Waals surface area contributed by atoms with Crippen molar-refractivity contribution >= 4 is 21.7 Å². The Morgan fingerprint density at radius 3 is 2.43 bits per heavy atom. The number of hydrogen-bond donors (Lipinski definition) is 0. The summed E-state index contributed by atoms with van der Waals surface area (Å²) >= 11 is 5.95. The Labute approximate surface area is 169 Å². The molecule has 0 aliphatic carbocycles. The van der Waals surface area contributed by atoms with Crippen LogP contribution in [0.5, 0.6) is 11.8 Å². The van der Waals surface area contributed by atoms with Gasteiger partial charge in [0.15, 0.2) is 0 Å². The number of aromatic nitrogens is 2. The molecule has 0 aliphatic heterocycles. The molecule has 0 amide bonds. The Kier molecular flexibility index (Phi) is 5.96. The molecular weight excluding hydrogens is 400 g/mol. The fourth-order valence-corrected chi connectivity index (χ4v) is 4.39. The van der Waals surface area contributed by atoms with Gasteiger partial charge in [0.25, 0.3) is 6.01 Å². The van der Waals surface area contributed by atoms with Gasteiger partial charge in [-0.15, -0.1) is 0 Å². The van der Waals surface area contributed by atoms with E-state index in [1.807, 2.05) is 44.2 Å². The van der Waals surface area contributed by atoms with E-state index in [1.165, 1.54) is 23.8 Å². The molecule has 0 radical (unpaired) electrons. The largest absolute Gasteiger partial charge is 0.468 e. The molecule has 2 aromatic carbocycles. The van der Waals surface area contributed by atoms with Crippen molar-refractivity contribution in [1.82, 2.24) is 9.55 Å². The summed E-state index contributed by atoms with van der Waals surface area (Å²) in [6.07, 6.45) is 0. The van der Waals surface area contributed by atoms with Crippen molar-refractivity contribution in [3.63, 3.8) is 0 Å². The third-order valence-electron chi connectivity index (χ3n) is 4.06. The third kappa shape index (κ3) is 4.31. The van der Waals surface area contributed by atoms with Crippen LogP contribution >= 0.6 is 11.6 Å². The van der Waals surface area contributed by atoms with E-state index in [9.17, 15) is 8.42 Å². The van der Waals surface area contributed by atoms with Crippen molar-refractivity contribution in [3.05, 3.63) is 70.9 Å². The van der Waals surface area contributed by atoms with Crippen molar-refractivity contribution in [2.45, 2.75) is 31.3 Å². The predicted octanol–water partition coefficient (Wildman–Crippen LogP) is 4.48. The molecule has 8 heteroatoms. The second kappa shape index (κ2) is 8.24. The number of imidazole rings is 1. The van der Waals surface area contributed by atoms with Crippen LogP contribution in [0.3, 0.4) is 0 Å². The first kappa shape index (κ1) is 20.2. The van der Waals surface area contributed by atoms with E-state index in [2.05, 4.69) is 4.98 Å². The standard InChI is InChI=1S/C20H21ClN2O4S/c1-14(2)18-19(28(24,25)27-17-11-7-10-16(21)12-17)23(20(22-18)26-3)13-15-8-5-4-6-9-15/h4-12,14H,13H2,1-3H3. The van der Waals surface area contributed by atoms with Gasteiger partial charge in [0.05, 0.1) is 19.3 Å². The zero-order chi connectivity index (χ0) is 20.3. The molecule has 0 atom stereocenters. The summed E-state index contributed by atoms with van der Waals surface area (Å²) in [5, 5.41) is 0.357. The van der Waals surface area contributed by atoms with Crippen molar-refractivity contribution in [1.29, 1.82) is 0 Å². The summed E-state index contributed by atoms with van der Waals surface area (Å²) in [5.41, 5.74) is 1.29. The summed E-state index contributed by atoms with van der Waals surface area (Å²) in [4.78, 5) is 4.41. The molecule has 3 rings (SSSR count). The van der Waals surface area contributed by atoms with E-state index >= 15 is 0 Å².